The van der Waals surface area contributed by atoms with Crippen LogP contribution in [0.3, 0.4) is 0 Å². The van der Waals surface area contributed by atoms with E-state index in [-0.39, 0.29) is 17.5 Å². The Bertz CT molecular complexity index is 1190. The molecule has 0 saturated carbocycles. The van der Waals surface area contributed by atoms with E-state index in [0.29, 0.717) is 31.0 Å². The summed E-state index contributed by atoms with van der Waals surface area (Å²) < 4.78 is 34.2. The van der Waals surface area contributed by atoms with Crippen LogP contribution in [-0.2, 0) is 30.8 Å². The van der Waals surface area contributed by atoms with Crippen molar-refractivity contribution in [2.45, 2.75) is 26.1 Å². The Morgan fingerprint density at radius 2 is 1.79 bits per heavy atom. The van der Waals surface area contributed by atoms with Crippen LogP contribution < -0.4 is 5.56 Å². The number of hydrogen-bond donors (Lipinski definition) is 1. The van der Waals surface area contributed by atoms with Gasteiger partial charge in [-0.05, 0) is 30.0 Å². The van der Waals surface area contributed by atoms with E-state index in [1.165, 1.54) is 22.7 Å². The fourth-order valence-corrected chi connectivity index (χ4v) is 3.15. The second-order valence-electron chi connectivity index (χ2n) is 6.75. The lowest BCUT2D eigenvalue weighted by Crippen LogP contribution is -2.16. The molecule has 0 spiro atoms. The number of halogens is 2. The molecule has 0 aliphatic carbocycles. The van der Waals surface area contributed by atoms with Crippen molar-refractivity contribution in [3.8, 4) is 0 Å². The van der Waals surface area contributed by atoms with E-state index in [0.717, 1.165) is 17.3 Å². The van der Waals surface area contributed by atoms with Crippen molar-refractivity contribution in [3.05, 3.63) is 105 Å². The van der Waals surface area contributed by atoms with Crippen molar-refractivity contribution in [2.24, 2.45) is 0 Å². The first-order chi connectivity index (χ1) is 14.1. The number of H-pyrrole nitrogens is 1. The average Bonchev–Trinajstić information content (AvgIpc) is 3.13. The number of nitrogens with zero attached hydrogens (tertiary/aromatic N) is 2. The fourth-order valence-electron chi connectivity index (χ4n) is 3.15. The molecule has 29 heavy (non-hydrogen) atoms. The number of hydrogen-bond acceptors (Lipinski definition) is 3. The Balaban J connectivity index is 1.45. The van der Waals surface area contributed by atoms with Crippen molar-refractivity contribution in [1.29, 1.82) is 0 Å². The highest BCUT2D eigenvalue weighted by molar-refractivity contribution is 5.39. The highest BCUT2D eigenvalue weighted by atomic mass is 19.2. The van der Waals surface area contributed by atoms with Crippen LogP contribution >= 0.6 is 0 Å². The predicted molar refractivity (Wildman–Crippen MR) is 105 cm³/mol. The van der Waals surface area contributed by atoms with Crippen molar-refractivity contribution < 1.29 is 13.5 Å². The zero-order valence-corrected chi connectivity index (χ0v) is 15.6. The summed E-state index contributed by atoms with van der Waals surface area (Å²) in [5, 5.41) is 2.97. The number of fused-ring (bicyclic) bond motifs is 1. The molecule has 2 heterocycles. The van der Waals surface area contributed by atoms with Gasteiger partial charge in [0.05, 0.1) is 18.9 Å². The summed E-state index contributed by atoms with van der Waals surface area (Å²) >= 11 is 0. The molecule has 0 aliphatic heterocycles. The maximum absolute atomic E-state index is 13.8. The summed E-state index contributed by atoms with van der Waals surface area (Å²) in [5.41, 5.74) is 2.76. The van der Waals surface area contributed by atoms with E-state index < -0.39 is 11.6 Å². The number of aromatic amines is 1. The normalized spacial score (nSPS) is 11.2. The van der Waals surface area contributed by atoms with Gasteiger partial charge in [0.15, 0.2) is 17.3 Å². The molecular weight excluding hydrogens is 376 g/mol. The van der Waals surface area contributed by atoms with Crippen LogP contribution in [0.2, 0.25) is 0 Å². The summed E-state index contributed by atoms with van der Waals surface area (Å²) in [4.78, 5) is 16.8. The number of aromatic nitrogens is 3. The molecule has 0 aliphatic rings. The van der Waals surface area contributed by atoms with Gasteiger partial charge in [-0.3, -0.25) is 9.89 Å². The zero-order chi connectivity index (χ0) is 20.2. The molecular formula is C22H19F2N3O2. The molecule has 0 unspecified atom stereocenters. The molecule has 148 valence electrons. The largest absolute Gasteiger partial charge is 0.371 e. The van der Waals surface area contributed by atoms with Gasteiger partial charge < -0.3 is 4.74 Å². The van der Waals surface area contributed by atoms with E-state index >= 15 is 0 Å². The molecule has 1 N–H and O–H groups in total. The minimum Gasteiger partial charge on any atom is -0.371 e. The number of aryl methyl sites for hydroxylation is 2. The molecule has 0 fully saturated rings. The summed E-state index contributed by atoms with van der Waals surface area (Å²) in [6.07, 6.45) is 0.584. The molecule has 4 rings (SSSR count). The number of rotatable bonds is 7. The van der Waals surface area contributed by atoms with Crippen LogP contribution in [-0.4, -0.2) is 14.6 Å². The standard InChI is InChI=1S/C22H19F2N3O2/c23-19-8-4-7-16(22(19)24)9-10-17-12-21(28)27-20(25-17)11-18(26-27)14-29-13-15-5-2-1-3-6-15/h1-8,11-12,26H,9-10,13-14H2. The van der Waals surface area contributed by atoms with E-state index in [2.05, 4.69) is 10.1 Å². The molecule has 4 aromatic rings. The topological polar surface area (TPSA) is 59.4 Å². The Labute approximate surface area is 165 Å². The van der Waals surface area contributed by atoms with E-state index in [1.54, 1.807) is 6.07 Å². The van der Waals surface area contributed by atoms with Crippen LogP contribution in [0, 0.1) is 11.6 Å². The third-order valence-corrected chi connectivity index (χ3v) is 4.61. The summed E-state index contributed by atoms with van der Waals surface area (Å²) in [7, 11) is 0. The lowest BCUT2D eigenvalue weighted by atomic mass is 10.1. The van der Waals surface area contributed by atoms with Crippen LogP contribution in [0.15, 0.2) is 65.5 Å². The molecule has 2 aromatic carbocycles. The third-order valence-electron chi connectivity index (χ3n) is 4.61. The van der Waals surface area contributed by atoms with Gasteiger partial charge in [-0.25, -0.2) is 18.3 Å². The van der Waals surface area contributed by atoms with Gasteiger partial charge in [-0.15, -0.1) is 0 Å². The van der Waals surface area contributed by atoms with E-state index in [1.807, 2.05) is 30.3 Å². The lowest BCUT2D eigenvalue weighted by molar-refractivity contribution is 0.104. The number of ether oxygens (including phenoxy) is 1. The Morgan fingerprint density at radius 1 is 0.966 bits per heavy atom. The molecule has 0 saturated heterocycles. The summed E-state index contributed by atoms with van der Waals surface area (Å²) in [6, 6.07) is 17.0. The van der Waals surface area contributed by atoms with Gasteiger partial charge in [-0.2, -0.15) is 0 Å². The molecule has 0 atom stereocenters. The second kappa shape index (κ2) is 8.36. The molecule has 7 heteroatoms. The molecule has 5 nitrogen and oxygen atoms in total. The summed E-state index contributed by atoms with van der Waals surface area (Å²) in [5.74, 6) is -1.73. The van der Waals surface area contributed by atoms with Crippen molar-refractivity contribution in [1.82, 2.24) is 14.6 Å². The Morgan fingerprint density at radius 3 is 2.62 bits per heavy atom. The third kappa shape index (κ3) is 4.41. The van der Waals surface area contributed by atoms with E-state index in [9.17, 15) is 13.6 Å². The molecule has 0 radical (unpaired) electrons. The minimum atomic E-state index is -0.878. The van der Waals surface area contributed by atoms with Crippen LogP contribution in [0.4, 0.5) is 8.78 Å². The first kappa shape index (κ1) is 19.0. The van der Waals surface area contributed by atoms with Gasteiger partial charge >= 0.3 is 0 Å². The highest BCUT2D eigenvalue weighted by Gasteiger charge is 2.10. The second-order valence-corrected chi connectivity index (χ2v) is 6.75. The van der Waals surface area contributed by atoms with E-state index in [4.69, 9.17) is 4.74 Å². The maximum atomic E-state index is 13.8. The quantitative estimate of drug-likeness (QED) is 0.518. The Hall–Kier alpha value is -3.32. The number of nitrogens with one attached hydrogen (secondary N) is 1. The van der Waals surface area contributed by atoms with Crippen molar-refractivity contribution in [2.75, 3.05) is 0 Å². The first-order valence-electron chi connectivity index (χ1n) is 9.25. The van der Waals surface area contributed by atoms with Gasteiger partial charge in [-0.1, -0.05) is 42.5 Å². The fraction of sp³-hybridized carbons (Fsp3) is 0.182. The van der Waals surface area contributed by atoms with Crippen molar-refractivity contribution in [3.63, 3.8) is 0 Å². The minimum absolute atomic E-state index is 0.254. The molecule has 2 aromatic heterocycles. The SMILES string of the molecule is O=c1cc(CCc2cccc(F)c2F)nc2cc(COCc3ccccc3)[nH]n12. The first-order valence-corrected chi connectivity index (χ1v) is 9.25. The lowest BCUT2D eigenvalue weighted by Gasteiger charge is -2.04. The Kier molecular flexibility index (Phi) is 5.48. The van der Waals surface area contributed by atoms with Gasteiger partial charge in [0.2, 0.25) is 0 Å². The molecule has 0 bridgehead atoms. The maximum Gasteiger partial charge on any atom is 0.272 e. The predicted octanol–water partition coefficient (Wildman–Crippen LogP) is 3.80. The number of benzene rings is 2. The van der Waals surface area contributed by atoms with Gasteiger partial charge in [0, 0.05) is 17.8 Å². The monoisotopic (exact) mass is 395 g/mol. The van der Waals surface area contributed by atoms with Crippen LogP contribution in [0.25, 0.3) is 5.65 Å². The smallest absolute Gasteiger partial charge is 0.272 e. The van der Waals surface area contributed by atoms with Crippen molar-refractivity contribution >= 4 is 5.65 Å². The highest BCUT2D eigenvalue weighted by Crippen LogP contribution is 2.14. The average molecular weight is 395 g/mol. The molecule has 0 amide bonds. The summed E-state index contributed by atoms with van der Waals surface area (Å²) in [6.45, 7) is 0.768. The van der Waals surface area contributed by atoms with Crippen LogP contribution in [0.1, 0.15) is 22.5 Å². The van der Waals surface area contributed by atoms with Crippen LogP contribution in [0.5, 0.6) is 0 Å². The van der Waals surface area contributed by atoms with Gasteiger partial charge in [0.1, 0.15) is 0 Å². The van der Waals surface area contributed by atoms with Gasteiger partial charge in [0.25, 0.3) is 5.56 Å². The zero-order valence-electron chi connectivity index (χ0n) is 15.6.